The zero-order valence-corrected chi connectivity index (χ0v) is 20.8. The van der Waals surface area contributed by atoms with E-state index in [0.29, 0.717) is 17.3 Å². The summed E-state index contributed by atoms with van der Waals surface area (Å²) in [6, 6.07) is 4.88. The molecule has 2 amide bonds. The van der Waals surface area contributed by atoms with Gasteiger partial charge >= 0.3 is 0 Å². The van der Waals surface area contributed by atoms with Crippen molar-refractivity contribution in [2.24, 2.45) is 29.3 Å². The standard InChI is InChI=1S/C26H35N7O2/c1-17-16-33(14-13-27-17)21-8-7-19(15-28-21)30-25(35)23(31-24(34)20-9-12-29-32(20)3)22(18-5-4-6-18)26(2)10-11-26/h7-9,12,15,18,22-23H,4-6,10-11,13-14,16H2,1-3H3,(H,30,35)(H,31,34)/t22?,23-/m0/s1. The summed E-state index contributed by atoms with van der Waals surface area (Å²) in [6.07, 6.45) is 8.89. The highest BCUT2D eigenvalue weighted by Crippen LogP contribution is 2.58. The summed E-state index contributed by atoms with van der Waals surface area (Å²) in [5.74, 6) is 0.984. The summed E-state index contributed by atoms with van der Waals surface area (Å²) in [5.41, 5.74) is 2.26. The fourth-order valence-corrected chi connectivity index (χ4v) is 5.53. The number of pyridine rings is 1. The fraction of sp³-hybridized carbons (Fsp3) is 0.577. The number of aryl methyl sites for hydroxylation is 1. The van der Waals surface area contributed by atoms with Gasteiger partial charge in [-0.2, -0.15) is 5.10 Å². The molecule has 2 aliphatic carbocycles. The predicted octanol–water partition coefficient (Wildman–Crippen LogP) is 3.05. The van der Waals surface area contributed by atoms with Crippen LogP contribution in [0.5, 0.6) is 0 Å². The molecule has 3 heterocycles. The van der Waals surface area contributed by atoms with Crippen LogP contribution in [0.25, 0.3) is 0 Å². The monoisotopic (exact) mass is 477 g/mol. The van der Waals surface area contributed by atoms with E-state index in [1.165, 1.54) is 11.1 Å². The van der Waals surface area contributed by atoms with Crippen molar-refractivity contribution in [1.29, 1.82) is 0 Å². The Morgan fingerprint density at radius 1 is 1.20 bits per heavy atom. The van der Waals surface area contributed by atoms with Gasteiger partial charge in [-0.15, -0.1) is 0 Å². The Morgan fingerprint density at radius 2 is 2.00 bits per heavy atom. The van der Waals surface area contributed by atoms with Crippen molar-refractivity contribution in [3.8, 4) is 0 Å². The molecule has 3 aliphatic rings. The molecule has 0 aromatic carbocycles. The van der Waals surface area contributed by atoms with Gasteiger partial charge in [-0.1, -0.05) is 26.2 Å². The molecule has 0 saturated heterocycles. The van der Waals surface area contributed by atoms with Crippen LogP contribution in [0.4, 0.5) is 11.5 Å². The highest BCUT2D eigenvalue weighted by Gasteiger charge is 2.54. The number of carbonyl (C=O) groups is 2. The average Bonchev–Trinajstić information content (AvgIpc) is 3.40. The largest absolute Gasteiger partial charge is 0.349 e. The molecule has 2 aromatic rings. The number of nitrogens with one attached hydrogen (secondary N) is 2. The Bertz CT molecular complexity index is 1110. The molecule has 2 aromatic heterocycles. The summed E-state index contributed by atoms with van der Waals surface area (Å²) in [7, 11) is 1.73. The van der Waals surface area contributed by atoms with Crippen LogP contribution >= 0.6 is 0 Å². The highest BCUT2D eigenvalue weighted by atomic mass is 16.2. The minimum atomic E-state index is -0.615. The molecule has 5 rings (SSSR count). The molecule has 2 atom stereocenters. The lowest BCUT2D eigenvalue weighted by Gasteiger charge is -2.42. The molecule has 9 nitrogen and oxygen atoms in total. The van der Waals surface area contributed by atoms with Crippen molar-refractivity contribution in [2.45, 2.75) is 52.0 Å². The van der Waals surface area contributed by atoms with Crippen LogP contribution in [0.15, 0.2) is 35.6 Å². The lowest BCUT2D eigenvalue weighted by atomic mass is 9.66. The molecule has 186 valence electrons. The minimum absolute atomic E-state index is 0.0859. The van der Waals surface area contributed by atoms with Crippen molar-refractivity contribution < 1.29 is 9.59 Å². The zero-order valence-electron chi connectivity index (χ0n) is 20.8. The Balaban J connectivity index is 1.35. The summed E-state index contributed by atoms with van der Waals surface area (Å²) in [6.45, 7) is 6.65. The number of carbonyl (C=O) groups excluding carboxylic acids is 2. The molecule has 9 heteroatoms. The maximum Gasteiger partial charge on any atom is 0.270 e. The average molecular weight is 478 g/mol. The molecule has 1 unspecified atom stereocenters. The Hall–Kier alpha value is -3.23. The van der Waals surface area contributed by atoms with Gasteiger partial charge in [0.1, 0.15) is 17.6 Å². The maximum absolute atomic E-state index is 13.7. The Labute approximate surface area is 206 Å². The molecule has 1 aliphatic heterocycles. The van der Waals surface area contributed by atoms with Gasteiger partial charge in [0, 0.05) is 25.5 Å². The van der Waals surface area contributed by atoms with E-state index in [0.717, 1.165) is 56.8 Å². The molecule has 0 spiro atoms. The molecule has 2 saturated carbocycles. The van der Waals surface area contributed by atoms with E-state index in [9.17, 15) is 9.59 Å². The smallest absolute Gasteiger partial charge is 0.270 e. The Morgan fingerprint density at radius 3 is 2.57 bits per heavy atom. The number of amides is 2. The van der Waals surface area contributed by atoms with Gasteiger partial charge in [0.05, 0.1) is 25.0 Å². The maximum atomic E-state index is 13.7. The zero-order chi connectivity index (χ0) is 24.6. The molecule has 2 N–H and O–H groups in total. The first-order chi connectivity index (χ1) is 16.8. The number of anilines is 2. The Kier molecular flexibility index (Phi) is 6.34. The van der Waals surface area contributed by atoms with Gasteiger partial charge in [-0.25, -0.2) is 4.98 Å². The third-order valence-electron chi connectivity index (χ3n) is 7.99. The molecule has 2 fully saturated rings. The lowest BCUT2D eigenvalue weighted by molar-refractivity contribution is -0.121. The van der Waals surface area contributed by atoms with Crippen LogP contribution < -0.4 is 15.5 Å². The van der Waals surface area contributed by atoms with E-state index >= 15 is 0 Å². The first-order valence-electron chi connectivity index (χ1n) is 12.6. The van der Waals surface area contributed by atoms with Crippen LogP contribution in [0.1, 0.15) is 56.4 Å². The van der Waals surface area contributed by atoms with Crippen molar-refractivity contribution in [3.63, 3.8) is 0 Å². The van der Waals surface area contributed by atoms with Crippen LogP contribution in [0.2, 0.25) is 0 Å². The van der Waals surface area contributed by atoms with Crippen LogP contribution in [-0.4, -0.2) is 58.0 Å². The second-order valence-electron chi connectivity index (χ2n) is 10.6. The van der Waals surface area contributed by atoms with Gasteiger partial charge in [-0.05, 0) is 55.2 Å². The van der Waals surface area contributed by atoms with Crippen molar-refractivity contribution in [3.05, 3.63) is 36.3 Å². The van der Waals surface area contributed by atoms with Gasteiger partial charge in [0.25, 0.3) is 5.91 Å². The lowest BCUT2D eigenvalue weighted by Crippen LogP contribution is -2.54. The second kappa shape index (κ2) is 9.43. The quantitative estimate of drug-likeness (QED) is 0.608. The third-order valence-corrected chi connectivity index (χ3v) is 7.99. The summed E-state index contributed by atoms with van der Waals surface area (Å²) in [4.78, 5) is 38.1. The van der Waals surface area contributed by atoms with Gasteiger partial charge < -0.3 is 15.5 Å². The van der Waals surface area contributed by atoms with Gasteiger partial charge in [0.2, 0.25) is 5.91 Å². The van der Waals surface area contributed by atoms with Crippen LogP contribution in [0, 0.1) is 17.3 Å². The third kappa shape index (κ3) is 4.94. The summed E-state index contributed by atoms with van der Waals surface area (Å²) in [5, 5.41) is 10.3. The number of nitrogens with zero attached hydrogens (tertiary/aromatic N) is 5. The molecular weight excluding hydrogens is 442 g/mol. The topological polar surface area (TPSA) is 105 Å². The van der Waals surface area contributed by atoms with Crippen LogP contribution in [0.3, 0.4) is 0 Å². The summed E-state index contributed by atoms with van der Waals surface area (Å²) >= 11 is 0. The molecule has 0 bridgehead atoms. The fourth-order valence-electron chi connectivity index (χ4n) is 5.53. The summed E-state index contributed by atoms with van der Waals surface area (Å²) < 4.78 is 1.54. The van der Waals surface area contributed by atoms with E-state index in [1.54, 1.807) is 25.5 Å². The number of hydrogen-bond acceptors (Lipinski definition) is 6. The van der Waals surface area contributed by atoms with E-state index in [1.807, 2.05) is 19.1 Å². The van der Waals surface area contributed by atoms with Gasteiger partial charge in [-0.3, -0.25) is 19.3 Å². The molecular formula is C26H35N7O2. The predicted molar refractivity (Wildman–Crippen MR) is 136 cm³/mol. The van der Waals surface area contributed by atoms with Crippen LogP contribution in [-0.2, 0) is 11.8 Å². The van der Waals surface area contributed by atoms with Crippen molar-refractivity contribution in [1.82, 2.24) is 20.1 Å². The highest BCUT2D eigenvalue weighted by molar-refractivity contribution is 6.00. The minimum Gasteiger partial charge on any atom is -0.349 e. The van der Waals surface area contributed by atoms with E-state index in [-0.39, 0.29) is 23.1 Å². The first kappa shape index (κ1) is 23.5. The van der Waals surface area contributed by atoms with Crippen molar-refractivity contribution >= 4 is 29.0 Å². The number of rotatable bonds is 8. The molecule has 0 radical (unpaired) electrons. The number of hydrogen-bond donors (Lipinski definition) is 2. The SMILES string of the molecule is CC1=NCCN(c2ccc(NC(=O)[C@@H](NC(=O)c3ccnn3C)C(C3CCC3)C3(C)CC3)cn2)C1. The van der Waals surface area contributed by atoms with E-state index < -0.39 is 6.04 Å². The van der Waals surface area contributed by atoms with E-state index in [2.05, 4.69) is 37.5 Å². The molecule has 35 heavy (non-hydrogen) atoms. The normalized spacial score (nSPS) is 20.9. The van der Waals surface area contributed by atoms with Gasteiger partial charge in [0.15, 0.2) is 0 Å². The number of aliphatic imine (C=N–C) groups is 1. The first-order valence-corrected chi connectivity index (χ1v) is 12.6. The number of aromatic nitrogens is 3. The van der Waals surface area contributed by atoms with Crippen molar-refractivity contribution in [2.75, 3.05) is 29.9 Å². The second-order valence-corrected chi connectivity index (χ2v) is 10.6. The van der Waals surface area contributed by atoms with E-state index in [4.69, 9.17) is 0 Å².